The van der Waals surface area contributed by atoms with Crippen LogP contribution in [0.3, 0.4) is 0 Å². The number of hydrogen-bond donors (Lipinski definition) is 1. The van der Waals surface area contributed by atoms with Crippen LogP contribution in [0.25, 0.3) is 10.9 Å². The number of halogens is 1. The van der Waals surface area contributed by atoms with E-state index in [2.05, 4.69) is 83.7 Å². The molecule has 0 radical (unpaired) electrons. The lowest BCUT2D eigenvalue weighted by Crippen LogP contribution is -2.10. The molecule has 0 saturated carbocycles. The third kappa shape index (κ3) is 5.03. The van der Waals surface area contributed by atoms with E-state index in [1.807, 2.05) is 13.0 Å². The molecular weight excluding hydrogens is 510 g/mol. The number of thioether (sulfide) groups is 1. The summed E-state index contributed by atoms with van der Waals surface area (Å²) in [5.74, 6) is 0.323. The number of ether oxygens (including phenoxy) is 1. The van der Waals surface area contributed by atoms with Crippen LogP contribution >= 0.6 is 27.7 Å². The van der Waals surface area contributed by atoms with Gasteiger partial charge in [0.25, 0.3) is 0 Å². The normalized spacial score (nSPS) is 11.2. The first-order valence-corrected chi connectivity index (χ1v) is 13.0. The van der Waals surface area contributed by atoms with Gasteiger partial charge < -0.3 is 14.4 Å². The summed E-state index contributed by atoms with van der Waals surface area (Å²) in [7, 11) is 0. The molecule has 34 heavy (non-hydrogen) atoms. The maximum absolute atomic E-state index is 13.2. The minimum Gasteiger partial charge on any atom is -0.507 e. The molecule has 0 aliphatic rings. The molecule has 1 N–H and O–H groups in total. The molecule has 0 bridgehead atoms. The lowest BCUT2D eigenvalue weighted by Gasteiger charge is -2.14. The molecule has 4 nitrogen and oxygen atoms in total. The summed E-state index contributed by atoms with van der Waals surface area (Å²) < 4.78 is 8.23. The molecule has 1 heterocycles. The molecule has 0 atom stereocenters. The Kier molecular flexibility index (Phi) is 7.39. The van der Waals surface area contributed by atoms with Crippen molar-refractivity contribution in [2.45, 2.75) is 44.9 Å². The molecule has 0 aliphatic heterocycles. The second-order valence-corrected chi connectivity index (χ2v) is 10.4. The van der Waals surface area contributed by atoms with Gasteiger partial charge in [-0.1, -0.05) is 47.5 Å². The maximum Gasteiger partial charge on any atom is 0.340 e. The number of carbonyl (C=O) groups excluding carboxylic acids is 1. The van der Waals surface area contributed by atoms with E-state index in [1.165, 1.54) is 21.6 Å². The van der Waals surface area contributed by atoms with Gasteiger partial charge in [-0.3, -0.25) is 0 Å². The van der Waals surface area contributed by atoms with Crippen molar-refractivity contribution in [3.05, 3.63) is 92.6 Å². The number of aromatic hydroxyl groups is 1. The van der Waals surface area contributed by atoms with Crippen molar-refractivity contribution < 1.29 is 14.6 Å². The van der Waals surface area contributed by atoms with Crippen molar-refractivity contribution in [1.29, 1.82) is 0 Å². The SMILES string of the molecule is CCOC(=O)c1c(CSc2ccc(C)cc2C)n(Cc2ccc(C)cc2)c2cc(Br)c(O)cc12. The first-order chi connectivity index (χ1) is 16.3. The Morgan fingerprint density at radius 3 is 2.41 bits per heavy atom. The third-order valence-electron chi connectivity index (χ3n) is 5.88. The number of benzene rings is 3. The summed E-state index contributed by atoms with van der Waals surface area (Å²) in [6.07, 6.45) is 0. The van der Waals surface area contributed by atoms with Crippen molar-refractivity contribution in [2.24, 2.45) is 0 Å². The molecule has 0 aliphatic carbocycles. The second kappa shape index (κ2) is 10.3. The van der Waals surface area contributed by atoms with E-state index in [-0.39, 0.29) is 18.3 Å². The van der Waals surface area contributed by atoms with Crippen molar-refractivity contribution in [2.75, 3.05) is 6.61 Å². The molecule has 176 valence electrons. The zero-order valence-electron chi connectivity index (χ0n) is 19.8. The van der Waals surface area contributed by atoms with Gasteiger partial charge in [-0.05, 0) is 73.0 Å². The highest BCUT2D eigenvalue weighted by molar-refractivity contribution is 9.10. The van der Waals surface area contributed by atoms with Crippen LogP contribution in [0.4, 0.5) is 0 Å². The number of fused-ring (bicyclic) bond motifs is 1. The van der Waals surface area contributed by atoms with Gasteiger partial charge in [0.15, 0.2) is 0 Å². The monoisotopic (exact) mass is 537 g/mol. The Morgan fingerprint density at radius 1 is 1.03 bits per heavy atom. The molecule has 1 aromatic heterocycles. The van der Waals surface area contributed by atoms with Crippen molar-refractivity contribution in [3.63, 3.8) is 0 Å². The Balaban J connectivity index is 1.88. The molecule has 4 rings (SSSR count). The van der Waals surface area contributed by atoms with Gasteiger partial charge in [-0.25, -0.2) is 4.79 Å². The van der Waals surface area contributed by atoms with Crippen LogP contribution in [0, 0.1) is 20.8 Å². The number of phenolic OH excluding ortho intramolecular Hbond substituents is 1. The highest BCUT2D eigenvalue weighted by Crippen LogP contribution is 2.38. The quantitative estimate of drug-likeness (QED) is 0.195. The van der Waals surface area contributed by atoms with Crippen LogP contribution in [0.15, 0.2) is 64.0 Å². The lowest BCUT2D eigenvalue weighted by molar-refractivity contribution is 0.0527. The van der Waals surface area contributed by atoms with Gasteiger partial charge >= 0.3 is 5.97 Å². The lowest BCUT2D eigenvalue weighted by atomic mass is 10.1. The number of aromatic nitrogens is 1. The number of carbonyl (C=O) groups is 1. The molecule has 0 fully saturated rings. The van der Waals surface area contributed by atoms with E-state index >= 15 is 0 Å². The molecule has 0 spiro atoms. The van der Waals surface area contributed by atoms with Crippen molar-refractivity contribution >= 4 is 44.6 Å². The van der Waals surface area contributed by atoms with Crippen molar-refractivity contribution in [1.82, 2.24) is 4.57 Å². The van der Waals surface area contributed by atoms with Crippen molar-refractivity contribution in [3.8, 4) is 5.75 Å². The van der Waals surface area contributed by atoms with E-state index in [4.69, 9.17) is 4.74 Å². The first kappa shape index (κ1) is 24.4. The summed E-state index contributed by atoms with van der Waals surface area (Å²) in [5.41, 5.74) is 7.06. The number of aryl methyl sites for hydroxylation is 3. The number of nitrogens with zero attached hydrogens (tertiary/aromatic N) is 1. The van der Waals surface area contributed by atoms with Crippen LogP contribution in [-0.2, 0) is 17.0 Å². The summed E-state index contributed by atoms with van der Waals surface area (Å²) in [6, 6.07) is 18.4. The Morgan fingerprint density at radius 2 is 1.74 bits per heavy atom. The zero-order chi connectivity index (χ0) is 24.4. The van der Waals surface area contributed by atoms with Gasteiger partial charge in [0, 0.05) is 28.3 Å². The summed E-state index contributed by atoms with van der Waals surface area (Å²) in [4.78, 5) is 14.3. The molecule has 6 heteroatoms. The van der Waals surface area contributed by atoms with Crippen LogP contribution in [0.2, 0.25) is 0 Å². The van der Waals surface area contributed by atoms with Crippen LogP contribution in [0.5, 0.6) is 5.75 Å². The predicted octanol–water partition coefficient (Wildman–Crippen LogP) is 7.55. The van der Waals surface area contributed by atoms with E-state index < -0.39 is 0 Å². The Labute approximate surface area is 213 Å². The third-order valence-corrected chi connectivity index (χ3v) is 7.70. The highest BCUT2D eigenvalue weighted by atomic mass is 79.9. The van der Waals surface area contributed by atoms with Gasteiger partial charge in [-0.2, -0.15) is 0 Å². The Hall–Kier alpha value is -2.70. The largest absolute Gasteiger partial charge is 0.507 e. The summed E-state index contributed by atoms with van der Waals surface area (Å²) >= 11 is 5.16. The van der Waals surface area contributed by atoms with Crippen LogP contribution in [-0.4, -0.2) is 22.2 Å². The molecule has 0 unspecified atom stereocenters. The smallest absolute Gasteiger partial charge is 0.340 e. The van der Waals surface area contributed by atoms with Crippen LogP contribution < -0.4 is 0 Å². The Bertz CT molecular complexity index is 1360. The number of rotatable bonds is 7. The summed E-state index contributed by atoms with van der Waals surface area (Å²) in [5, 5.41) is 11.1. The molecular formula is C28H28BrNO3S. The van der Waals surface area contributed by atoms with E-state index in [0.717, 1.165) is 16.8 Å². The number of esters is 1. The molecule has 3 aromatic carbocycles. The fourth-order valence-corrected chi connectivity index (χ4v) is 5.53. The fraction of sp³-hybridized carbons (Fsp3) is 0.250. The molecule has 0 amide bonds. The summed E-state index contributed by atoms with van der Waals surface area (Å²) in [6.45, 7) is 8.97. The van der Waals surface area contributed by atoms with Gasteiger partial charge in [0.2, 0.25) is 0 Å². The average Bonchev–Trinajstić information content (AvgIpc) is 3.07. The second-order valence-electron chi connectivity index (χ2n) is 8.49. The average molecular weight is 539 g/mol. The topological polar surface area (TPSA) is 51.5 Å². The highest BCUT2D eigenvalue weighted by Gasteiger charge is 2.25. The predicted molar refractivity (Wildman–Crippen MR) is 143 cm³/mol. The minimum atomic E-state index is -0.367. The standard InChI is InChI=1S/C28H28BrNO3S/c1-5-33-28(32)27-21-13-25(31)22(29)14-23(21)30(15-20-9-6-17(2)7-10-20)24(27)16-34-26-11-8-18(3)12-19(26)4/h6-14,31H,5,15-16H2,1-4H3. The fourth-order valence-electron chi connectivity index (χ4n) is 4.16. The number of phenols is 1. The molecule has 0 saturated heterocycles. The van der Waals surface area contributed by atoms with Gasteiger partial charge in [0.05, 0.1) is 22.2 Å². The van der Waals surface area contributed by atoms with Gasteiger partial charge in [-0.15, -0.1) is 11.8 Å². The maximum atomic E-state index is 13.2. The van der Waals surface area contributed by atoms with E-state index in [9.17, 15) is 9.90 Å². The molecule has 4 aromatic rings. The van der Waals surface area contributed by atoms with E-state index in [1.54, 1.807) is 17.8 Å². The zero-order valence-corrected chi connectivity index (χ0v) is 22.2. The first-order valence-electron chi connectivity index (χ1n) is 11.2. The number of hydrogen-bond acceptors (Lipinski definition) is 4. The minimum absolute atomic E-state index is 0.0964. The van der Waals surface area contributed by atoms with Crippen LogP contribution in [0.1, 0.15) is 45.2 Å². The van der Waals surface area contributed by atoms with E-state index in [0.29, 0.717) is 27.7 Å². The van der Waals surface area contributed by atoms with Gasteiger partial charge in [0.1, 0.15) is 5.75 Å².